The van der Waals surface area contributed by atoms with Crippen molar-refractivity contribution >= 4 is 37.3 Å². The van der Waals surface area contributed by atoms with Gasteiger partial charge in [0.15, 0.2) is 0 Å². The molecule has 1 aliphatic heterocycles. The molecule has 1 N–H and O–H groups in total. The first-order chi connectivity index (χ1) is 9.59. The molecular formula is C13H21BrN2O3S2. The zero-order valence-corrected chi connectivity index (χ0v) is 15.7. The number of β-amino-alcohol motifs (C(OH)–C–C–N with tert-alkyl or cyclic N) is 1. The molecule has 8 heteroatoms. The molecule has 120 valence electrons. The minimum Gasteiger partial charge on any atom is -0.389 e. The molecule has 21 heavy (non-hydrogen) atoms. The number of hydrogen-bond acceptors (Lipinski definition) is 5. The van der Waals surface area contributed by atoms with Crippen LogP contribution < -0.4 is 0 Å². The minimum atomic E-state index is -3.40. The molecule has 0 bridgehead atoms. The average Bonchev–Trinajstić information content (AvgIpc) is 2.69. The summed E-state index contributed by atoms with van der Waals surface area (Å²) < 4.78 is 28.0. The van der Waals surface area contributed by atoms with E-state index >= 15 is 0 Å². The maximum Gasteiger partial charge on any atom is 0.252 e. The summed E-state index contributed by atoms with van der Waals surface area (Å²) in [5, 5.41) is 9.83. The van der Waals surface area contributed by atoms with Gasteiger partial charge in [-0.3, -0.25) is 4.90 Å². The largest absolute Gasteiger partial charge is 0.389 e. The highest BCUT2D eigenvalue weighted by Crippen LogP contribution is 2.32. The minimum absolute atomic E-state index is 0.391. The van der Waals surface area contributed by atoms with Gasteiger partial charge in [0.05, 0.1) is 9.39 Å². The number of piperazine rings is 1. The Kier molecular flexibility index (Phi) is 5.17. The number of thiophene rings is 1. The van der Waals surface area contributed by atoms with E-state index in [2.05, 4.69) is 20.8 Å². The zero-order chi connectivity index (χ0) is 15.8. The van der Waals surface area contributed by atoms with E-state index in [1.165, 1.54) is 15.6 Å². The fraction of sp³-hybridized carbons (Fsp3) is 0.692. The van der Waals surface area contributed by atoms with Crippen molar-refractivity contribution in [1.29, 1.82) is 0 Å². The Balaban J connectivity index is 2.04. The van der Waals surface area contributed by atoms with Crippen LogP contribution in [0.25, 0.3) is 0 Å². The van der Waals surface area contributed by atoms with E-state index in [0.717, 1.165) is 9.35 Å². The molecule has 0 aliphatic carbocycles. The number of nitrogens with zero attached hydrogens (tertiary/aromatic N) is 2. The number of sulfonamides is 1. The Morgan fingerprint density at radius 3 is 2.33 bits per heavy atom. The van der Waals surface area contributed by atoms with E-state index in [0.29, 0.717) is 36.9 Å². The lowest BCUT2D eigenvalue weighted by Gasteiger charge is -2.36. The van der Waals surface area contributed by atoms with Crippen LogP contribution in [0.1, 0.15) is 19.4 Å². The number of rotatable bonds is 4. The summed E-state index contributed by atoms with van der Waals surface area (Å²) in [4.78, 5) is 2.10. The summed E-state index contributed by atoms with van der Waals surface area (Å²) >= 11 is 4.63. The van der Waals surface area contributed by atoms with Gasteiger partial charge in [0, 0.05) is 32.7 Å². The van der Waals surface area contributed by atoms with E-state index in [1.54, 1.807) is 19.9 Å². The van der Waals surface area contributed by atoms with Gasteiger partial charge in [-0.25, -0.2) is 8.42 Å². The van der Waals surface area contributed by atoms with Crippen LogP contribution in [0.5, 0.6) is 0 Å². The maximum atomic E-state index is 12.6. The number of hydrogen-bond donors (Lipinski definition) is 1. The summed E-state index contributed by atoms with van der Waals surface area (Å²) in [6, 6.07) is 1.72. The van der Waals surface area contributed by atoms with E-state index in [-0.39, 0.29) is 0 Å². The molecule has 0 unspecified atom stereocenters. The van der Waals surface area contributed by atoms with Gasteiger partial charge in [0.25, 0.3) is 10.0 Å². The van der Waals surface area contributed by atoms with Crippen molar-refractivity contribution in [2.75, 3.05) is 32.7 Å². The van der Waals surface area contributed by atoms with Crippen LogP contribution in [-0.4, -0.2) is 61.1 Å². The molecule has 0 radical (unpaired) electrons. The normalized spacial score (nSPS) is 19.1. The second-order valence-corrected chi connectivity index (χ2v) is 10.5. The highest BCUT2D eigenvalue weighted by molar-refractivity contribution is 9.11. The van der Waals surface area contributed by atoms with Crippen molar-refractivity contribution in [2.45, 2.75) is 30.6 Å². The summed E-state index contributed by atoms with van der Waals surface area (Å²) in [5.74, 6) is 0. The van der Waals surface area contributed by atoms with Crippen LogP contribution in [-0.2, 0) is 10.0 Å². The fourth-order valence-electron chi connectivity index (χ4n) is 2.36. The topological polar surface area (TPSA) is 60.9 Å². The molecule has 2 heterocycles. The molecule has 1 fully saturated rings. The van der Waals surface area contributed by atoms with Gasteiger partial charge in [0.1, 0.15) is 4.21 Å². The van der Waals surface area contributed by atoms with Gasteiger partial charge in [-0.15, -0.1) is 11.3 Å². The fourth-order valence-corrected chi connectivity index (χ4v) is 6.16. The molecule has 0 amide bonds. The lowest BCUT2D eigenvalue weighted by atomic mass is 10.1. The summed E-state index contributed by atoms with van der Waals surface area (Å²) in [7, 11) is -3.40. The zero-order valence-electron chi connectivity index (χ0n) is 12.5. The van der Waals surface area contributed by atoms with E-state index < -0.39 is 15.6 Å². The molecule has 5 nitrogen and oxygen atoms in total. The van der Waals surface area contributed by atoms with E-state index in [9.17, 15) is 13.5 Å². The first-order valence-corrected chi connectivity index (χ1v) is 9.85. The molecule has 0 aromatic carbocycles. The van der Waals surface area contributed by atoms with Crippen molar-refractivity contribution in [3.8, 4) is 0 Å². The third-order valence-electron chi connectivity index (χ3n) is 3.37. The Hall–Kier alpha value is 0.01000. The van der Waals surface area contributed by atoms with Gasteiger partial charge >= 0.3 is 0 Å². The Labute approximate surface area is 138 Å². The molecule has 0 spiro atoms. The second-order valence-electron chi connectivity index (χ2n) is 6.01. The van der Waals surface area contributed by atoms with Gasteiger partial charge in [-0.1, -0.05) is 0 Å². The first kappa shape index (κ1) is 17.4. The molecule has 0 saturated carbocycles. The summed E-state index contributed by atoms with van der Waals surface area (Å²) in [6.45, 7) is 8.21. The molecule has 1 aromatic heterocycles. The quantitative estimate of drug-likeness (QED) is 0.843. The Morgan fingerprint density at radius 1 is 1.33 bits per heavy atom. The number of halogens is 1. The molecule has 2 rings (SSSR count). The second kappa shape index (κ2) is 6.25. The lowest BCUT2D eigenvalue weighted by molar-refractivity contribution is 0.0263. The number of aliphatic hydroxyl groups is 1. The van der Waals surface area contributed by atoms with Crippen LogP contribution in [0.3, 0.4) is 0 Å². The predicted octanol–water partition coefficient (Wildman–Crippen LogP) is 1.90. The Morgan fingerprint density at radius 2 is 1.90 bits per heavy atom. The first-order valence-electron chi connectivity index (χ1n) is 6.80. The molecule has 1 aliphatic rings. The van der Waals surface area contributed by atoms with Crippen LogP contribution in [0, 0.1) is 6.92 Å². The van der Waals surface area contributed by atoms with Crippen molar-refractivity contribution in [3.05, 3.63) is 15.4 Å². The van der Waals surface area contributed by atoms with Crippen LogP contribution in [0.2, 0.25) is 0 Å². The average molecular weight is 397 g/mol. The summed E-state index contributed by atoms with van der Waals surface area (Å²) in [6.07, 6.45) is 0. The van der Waals surface area contributed by atoms with Crippen molar-refractivity contribution in [3.63, 3.8) is 0 Å². The Bertz CT molecular complexity index is 580. The predicted molar refractivity (Wildman–Crippen MR) is 88.3 cm³/mol. The smallest absolute Gasteiger partial charge is 0.252 e. The van der Waals surface area contributed by atoms with Gasteiger partial charge in [-0.05, 0) is 48.3 Å². The van der Waals surface area contributed by atoms with Crippen molar-refractivity contribution < 1.29 is 13.5 Å². The summed E-state index contributed by atoms with van der Waals surface area (Å²) in [5.41, 5.74) is 0.191. The number of aryl methyl sites for hydroxylation is 1. The SMILES string of the molecule is Cc1cc(S(=O)(=O)N2CCN(CC(C)(C)O)CC2)sc1Br. The van der Waals surface area contributed by atoms with Crippen LogP contribution >= 0.6 is 27.3 Å². The standard InChI is InChI=1S/C13H21BrN2O3S2/c1-10-8-11(20-12(10)14)21(18,19)16-6-4-15(5-7-16)9-13(2,3)17/h8,17H,4-7,9H2,1-3H3. The van der Waals surface area contributed by atoms with Crippen LogP contribution in [0.4, 0.5) is 0 Å². The molecular weight excluding hydrogens is 376 g/mol. The van der Waals surface area contributed by atoms with Gasteiger partial charge < -0.3 is 5.11 Å². The third-order valence-corrected chi connectivity index (χ3v) is 7.85. The highest BCUT2D eigenvalue weighted by Gasteiger charge is 2.31. The van der Waals surface area contributed by atoms with Crippen molar-refractivity contribution in [2.24, 2.45) is 0 Å². The van der Waals surface area contributed by atoms with Gasteiger partial charge in [-0.2, -0.15) is 4.31 Å². The van der Waals surface area contributed by atoms with Gasteiger partial charge in [0.2, 0.25) is 0 Å². The monoisotopic (exact) mass is 396 g/mol. The van der Waals surface area contributed by atoms with Crippen LogP contribution in [0.15, 0.2) is 14.1 Å². The van der Waals surface area contributed by atoms with E-state index in [1.807, 2.05) is 6.92 Å². The van der Waals surface area contributed by atoms with E-state index in [4.69, 9.17) is 0 Å². The highest BCUT2D eigenvalue weighted by atomic mass is 79.9. The maximum absolute atomic E-state index is 12.6. The molecule has 1 aromatic rings. The van der Waals surface area contributed by atoms with Crippen molar-refractivity contribution in [1.82, 2.24) is 9.21 Å². The molecule has 0 atom stereocenters. The lowest BCUT2D eigenvalue weighted by Crippen LogP contribution is -2.51. The third kappa shape index (κ3) is 4.27. The molecule has 1 saturated heterocycles.